The SMILES string of the molecule is COc1ccc(CS(=O)(=O)Cc2ccc(OC)c(CC3CCNCC3)c2)cc1CC1CCNCC1. The molecule has 2 aromatic carbocycles. The van der Waals surface area contributed by atoms with E-state index in [1.165, 1.54) is 0 Å². The van der Waals surface area contributed by atoms with Crippen LogP contribution in [-0.2, 0) is 34.2 Å². The van der Waals surface area contributed by atoms with Gasteiger partial charge < -0.3 is 20.1 Å². The molecule has 192 valence electrons. The molecule has 2 N–H and O–H groups in total. The van der Waals surface area contributed by atoms with E-state index in [-0.39, 0.29) is 11.5 Å². The summed E-state index contributed by atoms with van der Waals surface area (Å²) < 4.78 is 37.6. The Morgan fingerprint density at radius 1 is 0.714 bits per heavy atom. The fraction of sp³-hybridized carbons (Fsp3) is 0.571. The number of nitrogens with one attached hydrogen (secondary N) is 2. The Bertz CT molecular complexity index is 995. The molecule has 0 radical (unpaired) electrons. The highest BCUT2D eigenvalue weighted by Gasteiger charge is 2.20. The third kappa shape index (κ3) is 7.45. The first-order valence-electron chi connectivity index (χ1n) is 12.9. The van der Waals surface area contributed by atoms with Gasteiger partial charge in [0.1, 0.15) is 11.5 Å². The van der Waals surface area contributed by atoms with E-state index in [2.05, 4.69) is 10.6 Å². The van der Waals surface area contributed by atoms with Gasteiger partial charge in [-0.1, -0.05) is 24.3 Å². The fourth-order valence-electron chi connectivity index (χ4n) is 5.52. The second kappa shape index (κ2) is 12.2. The van der Waals surface area contributed by atoms with E-state index in [0.29, 0.717) is 11.8 Å². The lowest BCUT2D eigenvalue weighted by Gasteiger charge is -2.24. The first-order valence-corrected chi connectivity index (χ1v) is 14.7. The third-order valence-electron chi connectivity index (χ3n) is 7.40. The van der Waals surface area contributed by atoms with Gasteiger partial charge in [0.2, 0.25) is 0 Å². The second-order valence-corrected chi connectivity index (χ2v) is 12.2. The molecule has 6 nitrogen and oxygen atoms in total. The van der Waals surface area contributed by atoms with Crippen LogP contribution < -0.4 is 20.1 Å². The van der Waals surface area contributed by atoms with Crippen LogP contribution in [0.1, 0.15) is 47.9 Å². The smallest absolute Gasteiger partial charge is 0.158 e. The van der Waals surface area contributed by atoms with Crippen LogP contribution in [0.5, 0.6) is 11.5 Å². The van der Waals surface area contributed by atoms with Crippen molar-refractivity contribution in [3.63, 3.8) is 0 Å². The molecule has 35 heavy (non-hydrogen) atoms. The number of piperidine rings is 2. The van der Waals surface area contributed by atoms with Gasteiger partial charge in [-0.25, -0.2) is 8.42 Å². The first-order chi connectivity index (χ1) is 17.0. The second-order valence-electron chi connectivity index (χ2n) is 10.1. The maximum Gasteiger partial charge on any atom is 0.158 e. The Hall–Kier alpha value is -2.09. The highest BCUT2D eigenvalue weighted by atomic mass is 32.2. The molecule has 0 bridgehead atoms. The zero-order chi connectivity index (χ0) is 24.7. The van der Waals surface area contributed by atoms with Crippen molar-refractivity contribution in [3.05, 3.63) is 58.7 Å². The minimum atomic E-state index is -3.33. The number of rotatable bonds is 10. The van der Waals surface area contributed by atoms with Crippen molar-refractivity contribution in [1.29, 1.82) is 0 Å². The molecule has 0 saturated carbocycles. The van der Waals surface area contributed by atoms with Crippen molar-refractivity contribution in [2.24, 2.45) is 11.8 Å². The maximum absolute atomic E-state index is 13.2. The van der Waals surface area contributed by atoms with Gasteiger partial charge in [-0.2, -0.15) is 0 Å². The van der Waals surface area contributed by atoms with Gasteiger partial charge in [-0.15, -0.1) is 0 Å². The zero-order valence-electron chi connectivity index (χ0n) is 21.1. The number of hydrogen-bond acceptors (Lipinski definition) is 6. The molecule has 2 saturated heterocycles. The topological polar surface area (TPSA) is 76.7 Å². The van der Waals surface area contributed by atoms with E-state index >= 15 is 0 Å². The number of ether oxygens (including phenoxy) is 2. The van der Waals surface area contributed by atoms with Crippen molar-refractivity contribution in [1.82, 2.24) is 10.6 Å². The zero-order valence-corrected chi connectivity index (χ0v) is 22.0. The first kappa shape index (κ1) is 26.0. The summed E-state index contributed by atoms with van der Waals surface area (Å²) in [5, 5.41) is 6.81. The number of methoxy groups -OCH3 is 2. The summed E-state index contributed by atoms with van der Waals surface area (Å²) in [4.78, 5) is 0. The average Bonchev–Trinajstić information content (AvgIpc) is 2.85. The van der Waals surface area contributed by atoms with Gasteiger partial charge in [-0.05, 0) is 111 Å². The van der Waals surface area contributed by atoms with Crippen LogP contribution in [0.3, 0.4) is 0 Å². The normalized spacial score (nSPS) is 17.9. The average molecular weight is 501 g/mol. The maximum atomic E-state index is 13.2. The summed E-state index contributed by atoms with van der Waals surface area (Å²) >= 11 is 0. The largest absolute Gasteiger partial charge is 0.496 e. The molecule has 2 aromatic rings. The van der Waals surface area contributed by atoms with Gasteiger partial charge in [0.25, 0.3) is 0 Å². The van der Waals surface area contributed by atoms with Crippen LogP contribution in [-0.4, -0.2) is 48.8 Å². The van der Waals surface area contributed by atoms with E-state index < -0.39 is 9.84 Å². The van der Waals surface area contributed by atoms with E-state index in [1.54, 1.807) is 14.2 Å². The Balaban J connectivity index is 1.46. The van der Waals surface area contributed by atoms with Crippen LogP contribution in [0.15, 0.2) is 36.4 Å². The van der Waals surface area contributed by atoms with Crippen LogP contribution in [0.2, 0.25) is 0 Å². The molecule has 2 heterocycles. The number of sulfone groups is 1. The minimum absolute atomic E-state index is 0.0336. The van der Waals surface area contributed by atoms with Crippen molar-refractivity contribution in [2.75, 3.05) is 40.4 Å². The Morgan fingerprint density at radius 2 is 1.11 bits per heavy atom. The molecule has 0 aliphatic carbocycles. The summed E-state index contributed by atoms with van der Waals surface area (Å²) in [5.41, 5.74) is 3.89. The molecule has 0 amide bonds. The Morgan fingerprint density at radius 3 is 1.49 bits per heavy atom. The van der Waals surface area contributed by atoms with Crippen molar-refractivity contribution >= 4 is 9.84 Å². The molecule has 7 heteroatoms. The fourth-order valence-corrected chi connectivity index (χ4v) is 6.99. The predicted octanol–water partition coefficient (Wildman–Crippen LogP) is 3.90. The molecule has 2 fully saturated rings. The molecular formula is C28H40N2O4S. The quantitative estimate of drug-likeness (QED) is 0.515. The van der Waals surface area contributed by atoms with E-state index in [4.69, 9.17) is 9.47 Å². The number of hydrogen-bond donors (Lipinski definition) is 2. The van der Waals surface area contributed by atoms with Crippen LogP contribution in [0, 0.1) is 11.8 Å². The van der Waals surface area contributed by atoms with E-state index in [9.17, 15) is 8.42 Å². The molecule has 2 aliphatic rings. The van der Waals surface area contributed by atoms with Crippen LogP contribution in [0.4, 0.5) is 0 Å². The monoisotopic (exact) mass is 500 g/mol. The summed E-state index contributed by atoms with van der Waals surface area (Å²) in [6, 6.07) is 11.7. The molecule has 0 atom stereocenters. The van der Waals surface area contributed by atoms with Crippen molar-refractivity contribution in [2.45, 2.75) is 50.0 Å². The third-order valence-corrected chi connectivity index (χ3v) is 8.94. The lowest BCUT2D eigenvalue weighted by Crippen LogP contribution is -2.28. The lowest BCUT2D eigenvalue weighted by molar-refractivity contribution is 0.361. The highest BCUT2D eigenvalue weighted by molar-refractivity contribution is 7.89. The Labute approximate surface area is 210 Å². The van der Waals surface area contributed by atoms with Gasteiger partial charge in [0, 0.05) is 0 Å². The molecule has 0 spiro atoms. The molecule has 4 rings (SSSR count). The lowest BCUT2D eigenvalue weighted by atomic mass is 9.90. The number of benzene rings is 2. The molecule has 0 unspecified atom stereocenters. The molecular weight excluding hydrogens is 460 g/mol. The van der Waals surface area contributed by atoms with Crippen molar-refractivity contribution in [3.8, 4) is 11.5 Å². The van der Waals surface area contributed by atoms with Gasteiger partial charge >= 0.3 is 0 Å². The van der Waals surface area contributed by atoms with E-state index in [1.807, 2.05) is 36.4 Å². The van der Waals surface area contributed by atoms with Crippen LogP contribution in [0.25, 0.3) is 0 Å². The van der Waals surface area contributed by atoms with Crippen molar-refractivity contribution < 1.29 is 17.9 Å². The van der Waals surface area contributed by atoms with Crippen LogP contribution >= 0.6 is 0 Å². The van der Waals surface area contributed by atoms with Gasteiger partial charge in [-0.3, -0.25) is 0 Å². The predicted molar refractivity (Wildman–Crippen MR) is 141 cm³/mol. The molecule has 0 aromatic heterocycles. The summed E-state index contributed by atoms with van der Waals surface area (Å²) in [7, 11) is 0.0385. The van der Waals surface area contributed by atoms with Gasteiger partial charge in [0.15, 0.2) is 9.84 Å². The summed E-state index contributed by atoms with van der Waals surface area (Å²) in [5.74, 6) is 2.98. The highest BCUT2D eigenvalue weighted by Crippen LogP contribution is 2.29. The summed E-state index contributed by atoms with van der Waals surface area (Å²) in [6.45, 7) is 4.18. The molecule has 2 aliphatic heterocycles. The van der Waals surface area contributed by atoms with Gasteiger partial charge in [0.05, 0.1) is 25.7 Å². The Kier molecular flexibility index (Phi) is 9.09. The summed E-state index contributed by atoms with van der Waals surface area (Å²) in [6.07, 6.45) is 6.42. The van der Waals surface area contributed by atoms with E-state index in [0.717, 1.165) is 98.5 Å². The standard InChI is InChI=1S/C28H40N2O4S/c1-33-27-5-3-23(17-25(27)15-21-7-11-29-12-8-21)19-35(31,32)20-24-4-6-28(34-2)26(18-24)16-22-9-13-30-14-10-22/h3-6,17-18,21-22,29-30H,7-16,19-20H2,1-2H3. The minimum Gasteiger partial charge on any atom is -0.496 e.